The lowest BCUT2D eigenvalue weighted by Crippen LogP contribution is -2.19. The highest BCUT2D eigenvalue weighted by Crippen LogP contribution is 2.27. The van der Waals surface area contributed by atoms with Crippen molar-refractivity contribution in [1.29, 1.82) is 0 Å². The molecule has 2 heterocycles. The molecule has 0 saturated heterocycles. The van der Waals surface area contributed by atoms with Crippen LogP contribution in [0.3, 0.4) is 0 Å². The Morgan fingerprint density at radius 1 is 1.56 bits per heavy atom. The zero-order valence-electron chi connectivity index (χ0n) is 9.52. The third-order valence-corrected chi connectivity index (χ3v) is 4.01. The first-order valence-corrected chi connectivity index (χ1v) is 7.03. The Labute approximate surface area is 122 Å². The Morgan fingerprint density at radius 3 is 2.94 bits per heavy atom. The van der Waals surface area contributed by atoms with Crippen LogP contribution in [0, 0.1) is 0 Å². The second kappa shape index (κ2) is 5.83. The summed E-state index contributed by atoms with van der Waals surface area (Å²) < 4.78 is 1.59. The third-order valence-electron chi connectivity index (χ3n) is 2.24. The summed E-state index contributed by atoms with van der Waals surface area (Å²) in [5, 5.41) is 0. The molecule has 0 unspecified atom stereocenters. The van der Waals surface area contributed by atoms with Crippen LogP contribution in [0.4, 0.5) is 11.8 Å². The molecule has 0 saturated carbocycles. The van der Waals surface area contributed by atoms with E-state index in [0.717, 1.165) is 26.0 Å². The molecule has 0 aliphatic carbocycles. The average Bonchev–Trinajstić information content (AvgIpc) is 2.75. The average molecular weight is 349 g/mol. The van der Waals surface area contributed by atoms with Gasteiger partial charge in [-0.1, -0.05) is 11.6 Å². The van der Waals surface area contributed by atoms with Gasteiger partial charge in [0.25, 0.3) is 0 Å². The first-order valence-electron chi connectivity index (χ1n) is 5.04. The molecule has 0 radical (unpaired) electrons. The lowest BCUT2D eigenvalue weighted by Gasteiger charge is -2.18. The highest BCUT2D eigenvalue weighted by molar-refractivity contribution is 9.10. The molecule has 0 aliphatic heterocycles. The van der Waals surface area contributed by atoms with Crippen molar-refractivity contribution in [2.75, 3.05) is 17.4 Å². The van der Waals surface area contributed by atoms with Gasteiger partial charge in [0.1, 0.15) is 5.82 Å². The Kier molecular flexibility index (Phi) is 4.39. The van der Waals surface area contributed by atoms with E-state index in [9.17, 15) is 0 Å². The van der Waals surface area contributed by atoms with E-state index >= 15 is 0 Å². The third kappa shape index (κ3) is 3.11. The predicted octanol–water partition coefficient (Wildman–Crippen LogP) is 2.88. The van der Waals surface area contributed by atoms with Crippen molar-refractivity contribution in [2.24, 2.45) is 5.84 Å². The van der Waals surface area contributed by atoms with E-state index in [0.29, 0.717) is 5.95 Å². The lowest BCUT2D eigenvalue weighted by atomic mass is 10.4. The number of hydrogen-bond acceptors (Lipinski definition) is 6. The lowest BCUT2D eigenvalue weighted by molar-refractivity contribution is 0.899. The maximum Gasteiger partial charge on any atom is 0.239 e. The van der Waals surface area contributed by atoms with Gasteiger partial charge in [-0.15, -0.1) is 11.3 Å². The minimum atomic E-state index is 0.379. The predicted molar refractivity (Wildman–Crippen MR) is 79.0 cm³/mol. The van der Waals surface area contributed by atoms with E-state index in [1.807, 2.05) is 24.1 Å². The normalized spacial score (nSPS) is 10.4. The van der Waals surface area contributed by atoms with Crippen molar-refractivity contribution in [3.05, 3.63) is 32.0 Å². The van der Waals surface area contributed by atoms with Gasteiger partial charge in [0, 0.05) is 18.1 Å². The van der Waals surface area contributed by atoms with Crippen LogP contribution in [-0.4, -0.2) is 17.0 Å². The number of nitrogens with two attached hydrogens (primary N) is 1. The number of nitrogens with zero attached hydrogens (tertiary/aromatic N) is 3. The molecular formula is C10H11BrClN5S. The highest BCUT2D eigenvalue weighted by atomic mass is 79.9. The van der Waals surface area contributed by atoms with Crippen LogP contribution in [0.5, 0.6) is 0 Å². The summed E-state index contributed by atoms with van der Waals surface area (Å²) >= 11 is 10.9. The second-order valence-electron chi connectivity index (χ2n) is 3.57. The largest absolute Gasteiger partial charge is 0.353 e. The topological polar surface area (TPSA) is 67.1 Å². The van der Waals surface area contributed by atoms with Crippen LogP contribution in [-0.2, 0) is 6.54 Å². The van der Waals surface area contributed by atoms with Crippen molar-refractivity contribution >= 4 is 50.6 Å². The number of aromatic nitrogens is 2. The van der Waals surface area contributed by atoms with Crippen molar-refractivity contribution in [2.45, 2.75) is 6.54 Å². The van der Waals surface area contributed by atoms with E-state index in [2.05, 4.69) is 31.3 Å². The molecule has 2 aromatic heterocycles. The highest BCUT2D eigenvalue weighted by Gasteiger charge is 2.11. The first-order chi connectivity index (χ1) is 8.60. The standard InChI is InChI=1S/C10H11BrClN5S/c1-17(5-6-2-3-8(12)18-6)9-7(11)4-14-10(15-9)16-13/h2-4H,5,13H2,1H3,(H,14,15,16). The number of hydrogen-bond donors (Lipinski definition) is 2. The minimum absolute atomic E-state index is 0.379. The Balaban J connectivity index is 2.20. The molecule has 0 aliphatic rings. The molecule has 18 heavy (non-hydrogen) atoms. The smallest absolute Gasteiger partial charge is 0.239 e. The SMILES string of the molecule is CN(Cc1ccc(Cl)s1)c1nc(NN)ncc1Br. The molecule has 2 rings (SSSR count). The number of halogens is 2. The molecule has 2 aromatic rings. The maximum absolute atomic E-state index is 5.91. The minimum Gasteiger partial charge on any atom is -0.353 e. The Hall–Kier alpha value is -0.890. The zero-order chi connectivity index (χ0) is 13.1. The fraction of sp³-hybridized carbons (Fsp3) is 0.200. The van der Waals surface area contributed by atoms with Crippen molar-refractivity contribution in [3.8, 4) is 0 Å². The van der Waals surface area contributed by atoms with Crippen LogP contribution in [0.1, 0.15) is 4.88 Å². The fourth-order valence-corrected chi connectivity index (χ4v) is 3.08. The van der Waals surface area contributed by atoms with Gasteiger partial charge in [-0.3, -0.25) is 5.43 Å². The van der Waals surface area contributed by atoms with Crippen molar-refractivity contribution in [3.63, 3.8) is 0 Å². The van der Waals surface area contributed by atoms with Crippen LogP contribution in [0.15, 0.2) is 22.8 Å². The van der Waals surface area contributed by atoms with E-state index in [1.54, 1.807) is 17.5 Å². The van der Waals surface area contributed by atoms with Crippen molar-refractivity contribution in [1.82, 2.24) is 9.97 Å². The van der Waals surface area contributed by atoms with Crippen LogP contribution < -0.4 is 16.2 Å². The number of rotatable bonds is 4. The summed E-state index contributed by atoms with van der Waals surface area (Å²) in [6.45, 7) is 0.719. The number of hydrazine groups is 1. The van der Waals surface area contributed by atoms with E-state index < -0.39 is 0 Å². The molecule has 0 aromatic carbocycles. The van der Waals surface area contributed by atoms with E-state index in [4.69, 9.17) is 17.4 Å². The quantitative estimate of drug-likeness (QED) is 0.657. The molecule has 0 spiro atoms. The van der Waals surface area contributed by atoms with E-state index in [-0.39, 0.29) is 0 Å². The van der Waals surface area contributed by atoms with Gasteiger partial charge < -0.3 is 4.90 Å². The molecule has 0 atom stereocenters. The number of nitrogens with one attached hydrogen (secondary N) is 1. The first kappa shape index (κ1) is 13.5. The zero-order valence-corrected chi connectivity index (χ0v) is 12.7. The van der Waals surface area contributed by atoms with Crippen LogP contribution in [0.25, 0.3) is 0 Å². The number of nitrogen functional groups attached to an aromatic ring is 1. The van der Waals surface area contributed by atoms with Gasteiger partial charge in [-0.25, -0.2) is 10.8 Å². The van der Waals surface area contributed by atoms with Gasteiger partial charge in [0.15, 0.2) is 0 Å². The Bertz CT molecular complexity index is 547. The van der Waals surface area contributed by atoms with Gasteiger partial charge in [0.2, 0.25) is 5.95 Å². The van der Waals surface area contributed by atoms with E-state index in [1.165, 1.54) is 0 Å². The molecule has 0 bridgehead atoms. The fourth-order valence-electron chi connectivity index (χ4n) is 1.44. The summed E-state index contributed by atoms with van der Waals surface area (Å²) in [7, 11) is 1.95. The van der Waals surface area contributed by atoms with Gasteiger partial charge in [0.05, 0.1) is 15.4 Å². The summed E-state index contributed by atoms with van der Waals surface area (Å²) in [6.07, 6.45) is 1.66. The summed E-state index contributed by atoms with van der Waals surface area (Å²) in [4.78, 5) is 11.5. The summed E-state index contributed by atoms with van der Waals surface area (Å²) in [6, 6.07) is 3.89. The molecule has 0 fully saturated rings. The molecule has 0 amide bonds. The van der Waals surface area contributed by atoms with Gasteiger partial charge in [-0.2, -0.15) is 4.98 Å². The number of thiophene rings is 1. The molecule has 96 valence electrons. The molecule has 5 nitrogen and oxygen atoms in total. The Morgan fingerprint density at radius 2 is 2.33 bits per heavy atom. The molecular weight excluding hydrogens is 338 g/mol. The van der Waals surface area contributed by atoms with Crippen LogP contribution in [0.2, 0.25) is 4.34 Å². The second-order valence-corrected chi connectivity index (χ2v) is 6.23. The van der Waals surface area contributed by atoms with Crippen molar-refractivity contribution < 1.29 is 0 Å². The molecule has 3 N–H and O–H groups in total. The summed E-state index contributed by atoms with van der Waals surface area (Å²) in [5.41, 5.74) is 2.43. The van der Waals surface area contributed by atoms with Crippen LogP contribution >= 0.6 is 38.9 Å². The monoisotopic (exact) mass is 347 g/mol. The van der Waals surface area contributed by atoms with Gasteiger partial charge >= 0.3 is 0 Å². The number of anilines is 2. The molecule has 8 heteroatoms. The summed E-state index contributed by atoms with van der Waals surface area (Å²) in [5.74, 6) is 6.45. The maximum atomic E-state index is 5.91. The van der Waals surface area contributed by atoms with Gasteiger partial charge in [-0.05, 0) is 28.1 Å².